The van der Waals surface area contributed by atoms with Crippen molar-refractivity contribution in [3.8, 4) is 11.5 Å². The lowest BCUT2D eigenvalue weighted by Crippen LogP contribution is -2.37. The number of benzene rings is 1. The third-order valence-corrected chi connectivity index (χ3v) is 2.92. The lowest BCUT2D eigenvalue weighted by Gasteiger charge is -2.15. The molecule has 5 nitrogen and oxygen atoms in total. The first-order valence-corrected chi connectivity index (χ1v) is 7.90. The van der Waals surface area contributed by atoms with Gasteiger partial charge in [-0.25, -0.2) is 4.99 Å². The molecule has 1 rings (SSSR count). The van der Waals surface area contributed by atoms with E-state index in [1.165, 1.54) is 0 Å². The number of para-hydroxylation sites is 1. The number of rotatable bonds is 10. The Kier molecular flexibility index (Phi) is 9.48. The van der Waals surface area contributed by atoms with Crippen LogP contribution in [0.5, 0.6) is 11.5 Å². The molecule has 0 heterocycles. The van der Waals surface area contributed by atoms with E-state index in [-0.39, 0.29) is 18.0 Å². The molecule has 8 heteroatoms. The van der Waals surface area contributed by atoms with Crippen molar-refractivity contribution in [1.29, 1.82) is 0 Å². The molecule has 136 valence electrons. The van der Waals surface area contributed by atoms with Crippen molar-refractivity contribution in [3.05, 3.63) is 23.8 Å². The second kappa shape index (κ2) is 11.4. The van der Waals surface area contributed by atoms with Crippen LogP contribution >= 0.6 is 0 Å². The van der Waals surface area contributed by atoms with Crippen LogP contribution in [0.4, 0.5) is 13.2 Å². The van der Waals surface area contributed by atoms with E-state index in [1.54, 1.807) is 25.1 Å². The molecule has 0 unspecified atom stereocenters. The van der Waals surface area contributed by atoms with Crippen molar-refractivity contribution < 1.29 is 22.6 Å². The Morgan fingerprint density at radius 3 is 2.67 bits per heavy atom. The van der Waals surface area contributed by atoms with Gasteiger partial charge in [-0.05, 0) is 26.3 Å². The van der Waals surface area contributed by atoms with Crippen molar-refractivity contribution in [3.63, 3.8) is 0 Å². The Labute approximate surface area is 140 Å². The predicted molar refractivity (Wildman–Crippen MR) is 87.7 cm³/mol. The molecular formula is C16H24F3N3O2. The summed E-state index contributed by atoms with van der Waals surface area (Å²) in [5.74, 6) is 0.717. The smallest absolute Gasteiger partial charge is 0.387 e. The van der Waals surface area contributed by atoms with Gasteiger partial charge in [-0.1, -0.05) is 12.1 Å². The normalized spacial score (nSPS) is 11.5. The van der Waals surface area contributed by atoms with E-state index in [4.69, 9.17) is 4.74 Å². The van der Waals surface area contributed by atoms with E-state index in [1.807, 2.05) is 6.92 Å². The van der Waals surface area contributed by atoms with Gasteiger partial charge in [0, 0.05) is 18.7 Å². The Morgan fingerprint density at radius 1 is 1.25 bits per heavy atom. The molecule has 1 aromatic carbocycles. The lowest BCUT2D eigenvalue weighted by molar-refractivity contribution is -0.0520. The first kappa shape index (κ1) is 19.9. The summed E-state index contributed by atoms with van der Waals surface area (Å²) in [6.07, 6.45) is 0.365. The molecule has 24 heavy (non-hydrogen) atoms. The molecule has 0 amide bonds. The fourth-order valence-corrected chi connectivity index (χ4v) is 1.96. The largest absolute Gasteiger partial charge is 0.490 e. The minimum Gasteiger partial charge on any atom is -0.490 e. The zero-order valence-electron chi connectivity index (χ0n) is 13.9. The Bertz CT molecular complexity index is 513. The van der Waals surface area contributed by atoms with Gasteiger partial charge in [-0.3, -0.25) is 4.39 Å². The van der Waals surface area contributed by atoms with Crippen LogP contribution in [0.1, 0.15) is 25.8 Å². The predicted octanol–water partition coefficient (Wildman–Crippen LogP) is 3.10. The van der Waals surface area contributed by atoms with E-state index in [0.717, 1.165) is 0 Å². The summed E-state index contributed by atoms with van der Waals surface area (Å²) in [6, 6.07) is 4.91. The Morgan fingerprint density at radius 2 is 2.04 bits per heavy atom. The number of ether oxygens (including phenoxy) is 2. The van der Waals surface area contributed by atoms with E-state index in [9.17, 15) is 13.2 Å². The number of nitrogens with zero attached hydrogens (tertiary/aromatic N) is 1. The lowest BCUT2D eigenvalue weighted by atomic mass is 10.2. The SMILES string of the molecule is CCNC(=NCc1cccc(OCC)c1OC(F)F)NCCCF. The molecule has 1 aromatic rings. The van der Waals surface area contributed by atoms with Crippen LogP contribution in [-0.2, 0) is 6.54 Å². The van der Waals surface area contributed by atoms with Crippen LogP contribution in [0.15, 0.2) is 23.2 Å². The number of alkyl halides is 3. The molecule has 0 radical (unpaired) electrons. The number of hydrogen-bond donors (Lipinski definition) is 2. The highest BCUT2D eigenvalue weighted by atomic mass is 19.3. The second-order valence-corrected chi connectivity index (χ2v) is 4.72. The molecule has 0 fully saturated rings. The summed E-state index contributed by atoms with van der Waals surface area (Å²) < 4.78 is 47.4. The van der Waals surface area contributed by atoms with E-state index >= 15 is 0 Å². The van der Waals surface area contributed by atoms with Crippen molar-refractivity contribution >= 4 is 5.96 Å². The van der Waals surface area contributed by atoms with Gasteiger partial charge in [0.25, 0.3) is 0 Å². The molecule has 0 saturated carbocycles. The molecule has 0 atom stereocenters. The van der Waals surface area contributed by atoms with Gasteiger partial charge in [0.1, 0.15) is 0 Å². The summed E-state index contributed by atoms with van der Waals surface area (Å²) in [5.41, 5.74) is 0.476. The third-order valence-electron chi connectivity index (χ3n) is 2.92. The molecule has 0 aliphatic carbocycles. The number of aliphatic imine (C=N–C) groups is 1. The van der Waals surface area contributed by atoms with Gasteiger partial charge in [-0.15, -0.1) is 0 Å². The van der Waals surface area contributed by atoms with Crippen LogP contribution in [0.2, 0.25) is 0 Å². The first-order chi connectivity index (χ1) is 11.6. The third kappa shape index (κ3) is 6.97. The average Bonchev–Trinajstić information content (AvgIpc) is 2.55. The number of halogens is 3. The first-order valence-electron chi connectivity index (χ1n) is 7.90. The van der Waals surface area contributed by atoms with Gasteiger partial charge in [0.2, 0.25) is 0 Å². The van der Waals surface area contributed by atoms with Crippen LogP contribution in [-0.4, -0.2) is 38.9 Å². The quantitative estimate of drug-likeness (QED) is 0.388. The van der Waals surface area contributed by atoms with E-state index in [2.05, 4.69) is 20.4 Å². The van der Waals surface area contributed by atoms with Crippen molar-refractivity contribution in [2.75, 3.05) is 26.4 Å². The number of nitrogens with one attached hydrogen (secondary N) is 2. The molecule has 0 spiro atoms. The van der Waals surface area contributed by atoms with Crippen LogP contribution in [0.25, 0.3) is 0 Å². The van der Waals surface area contributed by atoms with Gasteiger partial charge in [0.05, 0.1) is 19.8 Å². The second-order valence-electron chi connectivity index (χ2n) is 4.72. The highest BCUT2D eigenvalue weighted by Crippen LogP contribution is 2.33. The fourth-order valence-electron chi connectivity index (χ4n) is 1.96. The van der Waals surface area contributed by atoms with Gasteiger partial charge in [0.15, 0.2) is 17.5 Å². The summed E-state index contributed by atoms with van der Waals surface area (Å²) >= 11 is 0. The summed E-state index contributed by atoms with van der Waals surface area (Å²) in [7, 11) is 0. The summed E-state index contributed by atoms with van der Waals surface area (Å²) in [6.45, 7) is 1.79. The highest BCUT2D eigenvalue weighted by molar-refractivity contribution is 5.79. The fraction of sp³-hybridized carbons (Fsp3) is 0.562. The van der Waals surface area contributed by atoms with Crippen LogP contribution in [0, 0.1) is 0 Å². The zero-order valence-corrected chi connectivity index (χ0v) is 13.9. The van der Waals surface area contributed by atoms with Crippen LogP contribution < -0.4 is 20.1 Å². The monoisotopic (exact) mass is 347 g/mol. The molecular weight excluding hydrogens is 323 g/mol. The summed E-state index contributed by atoms with van der Waals surface area (Å²) in [4.78, 5) is 4.32. The standard InChI is InChI=1S/C16H24F3N3O2/c1-3-20-16(21-10-6-9-17)22-11-12-7-5-8-13(23-4-2)14(12)24-15(18)19/h5,7-8,15H,3-4,6,9-11H2,1-2H3,(H2,20,21,22). The van der Waals surface area contributed by atoms with Crippen molar-refractivity contribution in [2.45, 2.75) is 33.4 Å². The van der Waals surface area contributed by atoms with Gasteiger partial charge in [-0.2, -0.15) is 8.78 Å². The molecule has 0 aliphatic rings. The molecule has 2 N–H and O–H groups in total. The van der Waals surface area contributed by atoms with E-state index < -0.39 is 13.3 Å². The summed E-state index contributed by atoms with van der Waals surface area (Å²) in [5, 5.41) is 5.98. The highest BCUT2D eigenvalue weighted by Gasteiger charge is 2.15. The van der Waals surface area contributed by atoms with Crippen LogP contribution in [0.3, 0.4) is 0 Å². The molecule has 0 aliphatic heterocycles. The maximum atomic E-state index is 12.7. The number of guanidine groups is 1. The maximum Gasteiger partial charge on any atom is 0.387 e. The Hall–Kier alpha value is -2.12. The number of hydrogen-bond acceptors (Lipinski definition) is 3. The van der Waals surface area contributed by atoms with Crippen molar-refractivity contribution in [2.24, 2.45) is 4.99 Å². The topological polar surface area (TPSA) is 54.9 Å². The Balaban J connectivity index is 2.93. The molecule has 0 aromatic heterocycles. The van der Waals surface area contributed by atoms with Gasteiger partial charge >= 0.3 is 6.61 Å². The van der Waals surface area contributed by atoms with Gasteiger partial charge < -0.3 is 20.1 Å². The van der Waals surface area contributed by atoms with Crippen molar-refractivity contribution in [1.82, 2.24) is 10.6 Å². The average molecular weight is 347 g/mol. The maximum absolute atomic E-state index is 12.7. The molecule has 0 saturated heterocycles. The zero-order chi connectivity index (χ0) is 17.8. The van der Waals surface area contributed by atoms with E-state index in [0.29, 0.717) is 37.6 Å². The minimum atomic E-state index is -2.95. The minimum absolute atomic E-state index is 0.0160. The molecule has 0 bridgehead atoms.